The Morgan fingerprint density at radius 3 is 2.38 bits per heavy atom. The second kappa shape index (κ2) is 3.05. The predicted molar refractivity (Wildman–Crippen MR) is 49.6 cm³/mol. The number of hydrogen-bond donors (Lipinski definition) is 1. The molecule has 0 unspecified atom stereocenters. The lowest BCUT2D eigenvalue weighted by atomic mass is 9.88. The number of aliphatic hydroxyl groups excluding tert-OH is 1. The standard InChI is InChI=1S/C11H10O2/c12-7-10-5-8-3-1-2-4-9(8)6-11(10)13/h1-4,7,12H,5-6H2/b10-7+. The molecule has 1 N–H and O–H groups in total. The third kappa shape index (κ3) is 1.35. The van der Waals surface area contributed by atoms with Crippen molar-refractivity contribution >= 4 is 5.78 Å². The summed E-state index contributed by atoms with van der Waals surface area (Å²) in [5.74, 6) is 0.0289. The Labute approximate surface area is 76.5 Å². The third-order valence-electron chi connectivity index (χ3n) is 2.36. The molecule has 2 heteroatoms. The van der Waals surface area contributed by atoms with E-state index in [1.165, 1.54) is 0 Å². The molecule has 0 bridgehead atoms. The van der Waals surface area contributed by atoms with Gasteiger partial charge in [0, 0.05) is 18.4 Å². The molecular formula is C11H10O2. The van der Waals surface area contributed by atoms with Gasteiger partial charge in [0.25, 0.3) is 0 Å². The number of carbonyl (C=O) groups is 1. The Morgan fingerprint density at radius 2 is 1.77 bits per heavy atom. The molecule has 0 saturated heterocycles. The van der Waals surface area contributed by atoms with Crippen LogP contribution in [0.4, 0.5) is 0 Å². The van der Waals surface area contributed by atoms with Crippen LogP contribution in [0.15, 0.2) is 36.1 Å². The summed E-state index contributed by atoms with van der Waals surface area (Å²) in [4.78, 5) is 11.4. The number of hydrogen-bond acceptors (Lipinski definition) is 2. The van der Waals surface area contributed by atoms with Crippen LogP contribution in [-0.2, 0) is 17.6 Å². The van der Waals surface area contributed by atoms with Gasteiger partial charge in [-0.05, 0) is 11.1 Å². The minimum atomic E-state index is 0.0289. The van der Waals surface area contributed by atoms with Gasteiger partial charge in [0.05, 0.1) is 6.26 Å². The van der Waals surface area contributed by atoms with Crippen LogP contribution in [0.2, 0.25) is 0 Å². The highest BCUT2D eigenvalue weighted by molar-refractivity contribution is 5.98. The van der Waals surface area contributed by atoms with Crippen molar-refractivity contribution in [3.05, 3.63) is 47.2 Å². The van der Waals surface area contributed by atoms with E-state index >= 15 is 0 Å². The fourth-order valence-electron chi connectivity index (χ4n) is 1.61. The summed E-state index contributed by atoms with van der Waals surface area (Å²) in [7, 11) is 0. The highest BCUT2D eigenvalue weighted by Gasteiger charge is 2.19. The normalized spacial score (nSPS) is 18.8. The molecule has 0 heterocycles. The van der Waals surface area contributed by atoms with Crippen LogP contribution >= 0.6 is 0 Å². The molecule has 0 saturated carbocycles. The molecule has 66 valence electrons. The summed E-state index contributed by atoms with van der Waals surface area (Å²) in [6, 6.07) is 7.83. The van der Waals surface area contributed by atoms with Gasteiger partial charge in [-0.15, -0.1) is 0 Å². The maximum absolute atomic E-state index is 11.4. The smallest absolute Gasteiger partial charge is 0.166 e. The number of Topliss-reactive ketones (excluding diaryl/α,β-unsaturated/α-hetero) is 1. The van der Waals surface area contributed by atoms with Crippen molar-refractivity contribution in [1.82, 2.24) is 0 Å². The summed E-state index contributed by atoms with van der Waals surface area (Å²) < 4.78 is 0. The molecular weight excluding hydrogens is 164 g/mol. The summed E-state index contributed by atoms with van der Waals surface area (Å²) in [6.45, 7) is 0. The molecule has 0 amide bonds. The van der Waals surface area contributed by atoms with Crippen molar-refractivity contribution < 1.29 is 9.90 Å². The Bertz CT molecular complexity index is 377. The van der Waals surface area contributed by atoms with Crippen LogP contribution < -0.4 is 0 Å². The van der Waals surface area contributed by atoms with Crippen LogP contribution in [-0.4, -0.2) is 10.9 Å². The van der Waals surface area contributed by atoms with Crippen LogP contribution in [0.3, 0.4) is 0 Å². The van der Waals surface area contributed by atoms with E-state index in [0.717, 1.165) is 17.4 Å². The highest BCUT2D eigenvalue weighted by Crippen LogP contribution is 2.21. The van der Waals surface area contributed by atoms with Gasteiger partial charge in [-0.3, -0.25) is 4.79 Å². The van der Waals surface area contributed by atoms with Crippen LogP contribution in [0, 0.1) is 0 Å². The topological polar surface area (TPSA) is 37.3 Å². The summed E-state index contributed by atoms with van der Waals surface area (Å²) in [6.07, 6.45) is 1.91. The number of aliphatic hydroxyl groups is 1. The molecule has 0 radical (unpaired) electrons. The average molecular weight is 174 g/mol. The monoisotopic (exact) mass is 174 g/mol. The van der Waals surface area contributed by atoms with E-state index < -0.39 is 0 Å². The van der Waals surface area contributed by atoms with Gasteiger partial charge >= 0.3 is 0 Å². The first kappa shape index (κ1) is 8.05. The second-order valence-electron chi connectivity index (χ2n) is 3.20. The highest BCUT2D eigenvalue weighted by atomic mass is 16.2. The van der Waals surface area contributed by atoms with Crippen LogP contribution in [0.1, 0.15) is 11.1 Å². The average Bonchev–Trinajstić information content (AvgIpc) is 2.17. The van der Waals surface area contributed by atoms with Gasteiger partial charge in [0.1, 0.15) is 0 Å². The number of allylic oxidation sites excluding steroid dienone is 1. The lowest BCUT2D eigenvalue weighted by molar-refractivity contribution is -0.115. The van der Waals surface area contributed by atoms with E-state index in [4.69, 9.17) is 5.11 Å². The van der Waals surface area contributed by atoms with Crippen molar-refractivity contribution in [3.8, 4) is 0 Å². The molecule has 13 heavy (non-hydrogen) atoms. The Morgan fingerprint density at radius 1 is 1.15 bits per heavy atom. The first-order valence-electron chi connectivity index (χ1n) is 4.24. The van der Waals surface area contributed by atoms with Crippen LogP contribution in [0.5, 0.6) is 0 Å². The molecule has 1 aromatic carbocycles. The van der Waals surface area contributed by atoms with E-state index in [1.807, 2.05) is 24.3 Å². The maximum atomic E-state index is 11.4. The zero-order chi connectivity index (χ0) is 9.26. The first-order chi connectivity index (χ1) is 6.31. The molecule has 2 nitrogen and oxygen atoms in total. The van der Waals surface area contributed by atoms with Gasteiger partial charge in [-0.25, -0.2) is 0 Å². The van der Waals surface area contributed by atoms with Gasteiger partial charge in [0.15, 0.2) is 5.78 Å². The van der Waals surface area contributed by atoms with Gasteiger partial charge < -0.3 is 5.11 Å². The molecule has 0 fully saturated rings. The number of rotatable bonds is 0. The second-order valence-corrected chi connectivity index (χ2v) is 3.20. The minimum absolute atomic E-state index is 0.0289. The molecule has 2 rings (SSSR count). The lowest BCUT2D eigenvalue weighted by Crippen LogP contribution is -2.16. The first-order valence-corrected chi connectivity index (χ1v) is 4.24. The minimum Gasteiger partial charge on any atom is -0.515 e. The van der Waals surface area contributed by atoms with Crippen molar-refractivity contribution in [2.45, 2.75) is 12.8 Å². The predicted octanol–water partition coefficient (Wildman–Crippen LogP) is 1.80. The molecule has 0 atom stereocenters. The van der Waals surface area contributed by atoms with Crippen molar-refractivity contribution in [2.24, 2.45) is 0 Å². The van der Waals surface area contributed by atoms with E-state index in [-0.39, 0.29) is 5.78 Å². The number of ketones is 1. The summed E-state index contributed by atoms with van der Waals surface area (Å²) >= 11 is 0. The molecule has 0 aromatic heterocycles. The molecule has 1 aliphatic carbocycles. The fraction of sp³-hybridized carbons (Fsp3) is 0.182. The van der Waals surface area contributed by atoms with E-state index in [2.05, 4.69) is 0 Å². The van der Waals surface area contributed by atoms with Crippen molar-refractivity contribution in [2.75, 3.05) is 0 Å². The molecule has 0 spiro atoms. The Balaban J connectivity index is 2.44. The van der Waals surface area contributed by atoms with Crippen LogP contribution in [0.25, 0.3) is 0 Å². The van der Waals surface area contributed by atoms with Crippen molar-refractivity contribution in [3.63, 3.8) is 0 Å². The number of benzene rings is 1. The summed E-state index contributed by atoms with van der Waals surface area (Å²) in [5.41, 5.74) is 2.74. The molecule has 1 aromatic rings. The molecule has 0 aliphatic heterocycles. The zero-order valence-electron chi connectivity index (χ0n) is 7.16. The number of carbonyl (C=O) groups excluding carboxylic acids is 1. The van der Waals surface area contributed by atoms with Gasteiger partial charge in [0.2, 0.25) is 0 Å². The quantitative estimate of drug-likeness (QED) is 0.481. The Kier molecular flexibility index (Phi) is 1.89. The van der Waals surface area contributed by atoms with E-state index in [9.17, 15) is 4.79 Å². The fourth-order valence-corrected chi connectivity index (χ4v) is 1.61. The number of fused-ring (bicyclic) bond motifs is 1. The SMILES string of the molecule is O=C1Cc2ccccc2C/C1=C\O. The van der Waals surface area contributed by atoms with Gasteiger partial charge in [-0.1, -0.05) is 24.3 Å². The van der Waals surface area contributed by atoms with Gasteiger partial charge in [-0.2, -0.15) is 0 Å². The Hall–Kier alpha value is -1.57. The maximum Gasteiger partial charge on any atom is 0.166 e. The zero-order valence-corrected chi connectivity index (χ0v) is 7.16. The van der Waals surface area contributed by atoms with E-state index in [0.29, 0.717) is 18.4 Å². The van der Waals surface area contributed by atoms with Crippen molar-refractivity contribution in [1.29, 1.82) is 0 Å². The third-order valence-corrected chi connectivity index (χ3v) is 2.36. The van der Waals surface area contributed by atoms with E-state index in [1.54, 1.807) is 0 Å². The molecule has 1 aliphatic rings. The summed E-state index contributed by atoms with van der Waals surface area (Å²) in [5, 5.41) is 8.80. The lowest BCUT2D eigenvalue weighted by Gasteiger charge is -2.15. The largest absolute Gasteiger partial charge is 0.515 e.